The normalized spacial score (nSPS) is 19.5. The van der Waals surface area contributed by atoms with E-state index in [4.69, 9.17) is 33.7 Å². The Morgan fingerprint density at radius 3 is 2.76 bits per heavy atom. The van der Waals surface area contributed by atoms with E-state index in [1.807, 2.05) is 12.1 Å². The van der Waals surface area contributed by atoms with E-state index in [0.717, 1.165) is 18.5 Å². The highest BCUT2D eigenvalue weighted by atomic mass is 35.5. The molecule has 1 fully saturated rings. The number of hydrogen-bond acceptors (Lipinski definition) is 6. The molecular formula is C24H30Cl2N4O3. The summed E-state index contributed by atoms with van der Waals surface area (Å²) in [6.45, 7) is 6.67. The van der Waals surface area contributed by atoms with Crippen molar-refractivity contribution >= 4 is 35.0 Å². The van der Waals surface area contributed by atoms with Gasteiger partial charge in [-0.05, 0) is 42.8 Å². The fourth-order valence-electron chi connectivity index (χ4n) is 3.92. The van der Waals surface area contributed by atoms with E-state index in [1.54, 1.807) is 28.9 Å². The number of nitrogen functional groups attached to an aromatic ring is 1. The first-order valence-corrected chi connectivity index (χ1v) is 11.5. The lowest BCUT2D eigenvalue weighted by atomic mass is 10.0. The molecule has 0 aliphatic carbocycles. The van der Waals surface area contributed by atoms with Gasteiger partial charge in [0.15, 0.2) is 0 Å². The number of nitrogens with one attached hydrogen (secondary N) is 1. The van der Waals surface area contributed by atoms with Gasteiger partial charge in [-0.15, -0.1) is 0 Å². The first-order valence-electron chi connectivity index (χ1n) is 10.8. The summed E-state index contributed by atoms with van der Waals surface area (Å²) >= 11 is 12.1. The monoisotopic (exact) mass is 492 g/mol. The molecule has 0 amide bonds. The third-order valence-corrected chi connectivity index (χ3v) is 6.57. The minimum atomic E-state index is -0.528. The zero-order valence-corrected chi connectivity index (χ0v) is 20.1. The van der Waals surface area contributed by atoms with Crippen molar-refractivity contribution in [3.05, 3.63) is 80.4 Å². The molecular weight excluding hydrogens is 463 g/mol. The number of halogens is 2. The maximum atomic E-state index is 12.5. The Morgan fingerprint density at radius 1 is 1.30 bits per heavy atom. The van der Waals surface area contributed by atoms with Crippen molar-refractivity contribution in [1.29, 1.82) is 0 Å². The van der Waals surface area contributed by atoms with Gasteiger partial charge in [-0.3, -0.25) is 9.69 Å². The van der Waals surface area contributed by atoms with E-state index in [0.29, 0.717) is 53.4 Å². The highest BCUT2D eigenvalue weighted by Crippen LogP contribution is 2.23. The van der Waals surface area contributed by atoms with Gasteiger partial charge in [0.2, 0.25) is 0 Å². The van der Waals surface area contributed by atoms with Crippen LogP contribution < -0.4 is 16.6 Å². The molecule has 1 aliphatic heterocycles. The average Bonchev–Trinajstić information content (AvgIpc) is 2.80. The summed E-state index contributed by atoms with van der Waals surface area (Å²) in [6.07, 6.45) is 3.52. The van der Waals surface area contributed by atoms with Crippen molar-refractivity contribution in [3.63, 3.8) is 0 Å². The van der Waals surface area contributed by atoms with Gasteiger partial charge in [0.1, 0.15) is 5.76 Å². The van der Waals surface area contributed by atoms with Crippen molar-refractivity contribution in [2.75, 3.05) is 32.5 Å². The number of aromatic nitrogens is 1. The van der Waals surface area contributed by atoms with E-state index in [2.05, 4.69) is 16.8 Å². The van der Waals surface area contributed by atoms with Gasteiger partial charge in [-0.1, -0.05) is 35.8 Å². The van der Waals surface area contributed by atoms with Crippen molar-refractivity contribution in [3.8, 4) is 0 Å². The molecule has 1 aromatic carbocycles. The number of likely N-dealkylation sites (tertiary alicyclic amines) is 1. The van der Waals surface area contributed by atoms with Gasteiger partial charge in [0.05, 0.1) is 34.6 Å². The molecule has 9 heteroatoms. The van der Waals surface area contributed by atoms with Crippen LogP contribution >= 0.6 is 23.2 Å². The smallest absolute Gasteiger partial charge is 0.251 e. The Morgan fingerprint density at radius 2 is 2.09 bits per heavy atom. The zero-order valence-electron chi connectivity index (χ0n) is 18.6. The van der Waals surface area contributed by atoms with Crippen LogP contribution in [0, 0.1) is 0 Å². The molecule has 0 saturated carbocycles. The predicted octanol–water partition coefficient (Wildman–Crippen LogP) is 3.14. The van der Waals surface area contributed by atoms with Crippen LogP contribution in [0.3, 0.4) is 0 Å². The second-order valence-electron chi connectivity index (χ2n) is 8.01. The summed E-state index contributed by atoms with van der Waals surface area (Å²) in [6, 6.07) is 8.54. The number of rotatable bonds is 9. The number of allylic oxidation sites excluding steroid dienone is 1. The molecule has 0 unspecified atom stereocenters. The van der Waals surface area contributed by atoms with Crippen LogP contribution in [0.25, 0.3) is 6.08 Å². The fraction of sp³-hybridized carbons (Fsp3) is 0.375. The Balaban J connectivity index is 1.59. The van der Waals surface area contributed by atoms with Crippen molar-refractivity contribution < 1.29 is 9.84 Å². The number of β-amino-alcohol motifs (C(OH)–C–C–N with tert-alkyl or cyclic N) is 1. The molecule has 3 rings (SSSR count). The van der Waals surface area contributed by atoms with E-state index >= 15 is 0 Å². The quantitative estimate of drug-likeness (QED) is 0.367. The lowest BCUT2D eigenvalue weighted by molar-refractivity contribution is 0.0384. The number of methoxy groups -OCH3 is 1. The second-order valence-corrected chi connectivity index (χ2v) is 8.83. The molecule has 0 bridgehead atoms. The fourth-order valence-corrected chi connectivity index (χ4v) is 4.24. The molecule has 2 aromatic rings. The van der Waals surface area contributed by atoms with Crippen LogP contribution in [0.15, 0.2) is 53.5 Å². The van der Waals surface area contributed by atoms with E-state index in [9.17, 15) is 9.90 Å². The third-order valence-electron chi connectivity index (χ3n) is 5.83. The summed E-state index contributed by atoms with van der Waals surface area (Å²) in [5.41, 5.74) is 8.05. The summed E-state index contributed by atoms with van der Waals surface area (Å²) < 4.78 is 6.87. The Hall–Kier alpha value is -2.29. The summed E-state index contributed by atoms with van der Waals surface area (Å²) in [7, 11) is 1.54. The topological polar surface area (TPSA) is 92.8 Å². The minimum Gasteiger partial charge on any atom is -0.497 e. The lowest BCUT2D eigenvalue weighted by Crippen LogP contribution is -2.53. The average molecular weight is 493 g/mol. The van der Waals surface area contributed by atoms with Gasteiger partial charge < -0.3 is 25.5 Å². The Kier molecular flexibility index (Phi) is 9.00. The van der Waals surface area contributed by atoms with Crippen molar-refractivity contribution in [1.82, 2.24) is 14.8 Å². The van der Waals surface area contributed by atoms with Crippen LogP contribution in [0.1, 0.15) is 17.7 Å². The highest BCUT2D eigenvalue weighted by Gasteiger charge is 2.27. The maximum Gasteiger partial charge on any atom is 0.251 e. The van der Waals surface area contributed by atoms with Crippen LogP contribution in [0.4, 0.5) is 5.69 Å². The first-order chi connectivity index (χ1) is 15.8. The minimum absolute atomic E-state index is 0.0267. The third kappa shape index (κ3) is 6.62. The van der Waals surface area contributed by atoms with Gasteiger partial charge in [-0.2, -0.15) is 0 Å². The van der Waals surface area contributed by atoms with Crippen molar-refractivity contribution in [2.45, 2.75) is 31.7 Å². The Labute approximate surface area is 204 Å². The van der Waals surface area contributed by atoms with Gasteiger partial charge in [0.25, 0.3) is 5.56 Å². The lowest BCUT2D eigenvalue weighted by Gasteiger charge is -2.36. The van der Waals surface area contributed by atoms with E-state index in [-0.39, 0.29) is 11.6 Å². The molecule has 7 nitrogen and oxygen atoms in total. The number of pyridine rings is 1. The maximum absolute atomic E-state index is 12.5. The number of nitrogens with two attached hydrogens (primary N) is 1. The predicted molar refractivity (Wildman–Crippen MR) is 134 cm³/mol. The Bertz CT molecular complexity index is 1070. The first kappa shape index (κ1) is 25.3. The van der Waals surface area contributed by atoms with E-state index < -0.39 is 6.10 Å². The number of piperidine rings is 1. The number of ether oxygens (including phenoxy) is 1. The van der Waals surface area contributed by atoms with Crippen LogP contribution in [-0.4, -0.2) is 53.5 Å². The second kappa shape index (κ2) is 11.7. The molecule has 4 N–H and O–H groups in total. The number of nitrogens with zero attached hydrogens (tertiary/aromatic N) is 2. The SMILES string of the molecule is C=C/C(=C\c1c(N)ccc(=O)n1CCN1CC[C@H](NCc2ccc(Cl)c(Cl)c2)[C@H](O)C1)OC. The highest BCUT2D eigenvalue weighted by molar-refractivity contribution is 6.42. The van der Waals surface area contributed by atoms with Gasteiger partial charge in [0, 0.05) is 44.4 Å². The van der Waals surface area contributed by atoms with Crippen LogP contribution in [-0.2, 0) is 17.8 Å². The molecule has 2 heterocycles. The number of benzene rings is 1. The molecule has 0 spiro atoms. The number of aliphatic hydroxyl groups is 1. The molecule has 1 aliphatic rings. The summed E-state index contributed by atoms with van der Waals surface area (Å²) in [4.78, 5) is 14.7. The summed E-state index contributed by atoms with van der Waals surface area (Å²) in [5.74, 6) is 0.519. The molecule has 1 aromatic heterocycles. The summed E-state index contributed by atoms with van der Waals surface area (Å²) in [5, 5.41) is 15.1. The van der Waals surface area contributed by atoms with Gasteiger partial charge >= 0.3 is 0 Å². The molecule has 2 atom stereocenters. The van der Waals surface area contributed by atoms with Gasteiger partial charge in [-0.25, -0.2) is 0 Å². The number of hydrogen-bond donors (Lipinski definition) is 3. The molecule has 1 saturated heterocycles. The molecule has 0 radical (unpaired) electrons. The standard InChI is InChI=1S/C24H30Cl2N4O3/c1-3-17(33-2)13-22-20(27)6-7-24(32)30(22)11-10-29-9-8-21(23(31)15-29)28-14-16-4-5-18(25)19(26)12-16/h3-7,12-13,21,23,28,31H,1,8-11,14-15,27H2,2H3/b17-13+/t21-,23+/m0/s1. The molecule has 178 valence electrons. The largest absolute Gasteiger partial charge is 0.497 e. The van der Waals surface area contributed by atoms with E-state index in [1.165, 1.54) is 13.2 Å². The number of anilines is 1. The zero-order chi connectivity index (χ0) is 24.0. The van der Waals surface area contributed by atoms with Crippen LogP contribution in [0.5, 0.6) is 0 Å². The molecule has 33 heavy (non-hydrogen) atoms. The van der Waals surface area contributed by atoms with Crippen molar-refractivity contribution in [2.24, 2.45) is 0 Å². The van der Waals surface area contributed by atoms with Crippen LogP contribution in [0.2, 0.25) is 10.0 Å². The number of aliphatic hydroxyl groups excluding tert-OH is 1.